The predicted octanol–water partition coefficient (Wildman–Crippen LogP) is 3.09. The fourth-order valence-corrected chi connectivity index (χ4v) is 1.67. The number of aryl methyl sites for hydroxylation is 2. The number of anilines is 1. The third-order valence-corrected chi connectivity index (χ3v) is 2.62. The van der Waals surface area contributed by atoms with Crippen molar-refractivity contribution in [2.75, 3.05) is 5.73 Å². The molecule has 1 aromatic heterocycles. The van der Waals surface area contributed by atoms with Crippen LogP contribution in [-0.4, -0.2) is 9.78 Å². The second-order valence-electron chi connectivity index (χ2n) is 4.15. The molecule has 0 saturated heterocycles. The van der Waals surface area contributed by atoms with E-state index in [9.17, 15) is 13.2 Å². The van der Waals surface area contributed by atoms with E-state index < -0.39 is 11.9 Å². The van der Waals surface area contributed by atoms with Crippen LogP contribution in [-0.2, 0) is 6.18 Å². The summed E-state index contributed by atoms with van der Waals surface area (Å²) in [7, 11) is 0. The summed E-state index contributed by atoms with van der Waals surface area (Å²) >= 11 is 0. The number of aromatic nitrogens is 2. The van der Waals surface area contributed by atoms with Gasteiger partial charge in [0, 0.05) is 6.07 Å². The molecule has 0 amide bonds. The van der Waals surface area contributed by atoms with Gasteiger partial charge in [0.25, 0.3) is 0 Å². The zero-order valence-corrected chi connectivity index (χ0v) is 9.92. The van der Waals surface area contributed by atoms with E-state index in [2.05, 4.69) is 5.10 Å². The highest BCUT2D eigenvalue weighted by molar-refractivity contribution is 5.49. The van der Waals surface area contributed by atoms with Crippen LogP contribution in [0.4, 0.5) is 19.0 Å². The van der Waals surface area contributed by atoms with Gasteiger partial charge in [-0.3, -0.25) is 0 Å². The zero-order chi connectivity index (χ0) is 13.5. The largest absolute Gasteiger partial charge is 0.435 e. The molecule has 3 nitrogen and oxygen atoms in total. The first kappa shape index (κ1) is 12.5. The molecule has 0 aliphatic heterocycles. The van der Waals surface area contributed by atoms with Gasteiger partial charge in [-0.2, -0.15) is 18.3 Å². The maximum Gasteiger partial charge on any atom is 0.435 e. The van der Waals surface area contributed by atoms with E-state index >= 15 is 0 Å². The number of hydrogen-bond donors (Lipinski definition) is 1. The van der Waals surface area contributed by atoms with Gasteiger partial charge in [-0.25, -0.2) is 4.68 Å². The third-order valence-electron chi connectivity index (χ3n) is 2.62. The van der Waals surface area contributed by atoms with Crippen molar-refractivity contribution >= 4 is 5.82 Å². The maximum absolute atomic E-state index is 12.5. The van der Waals surface area contributed by atoms with Crippen molar-refractivity contribution in [2.45, 2.75) is 20.0 Å². The van der Waals surface area contributed by atoms with E-state index in [0.29, 0.717) is 5.69 Å². The molecule has 0 bridgehead atoms. The summed E-state index contributed by atoms with van der Waals surface area (Å²) < 4.78 is 38.8. The lowest BCUT2D eigenvalue weighted by molar-refractivity contribution is -0.141. The van der Waals surface area contributed by atoms with Crippen molar-refractivity contribution in [1.29, 1.82) is 0 Å². The third kappa shape index (κ3) is 2.18. The van der Waals surface area contributed by atoms with Gasteiger partial charge in [0.1, 0.15) is 5.82 Å². The van der Waals surface area contributed by atoms with Crippen LogP contribution in [0, 0.1) is 13.8 Å². The van der Waals surface area contributed by atoms with Crippen LogP contribution in [0.15, 0.2) is 24.3 Å². The van der Waals surface area contributed by atoms with Crippen molar-refractivity contribution < 1.29 is 13.2 Å². The Labute approximate surface area is 102 Å². The van der Waals surface area contributed by atoms with Gasteiger partial charge in [0.05, 0.1) is 5.69 Å². The molecular formula is C12H12F3N3. The Balaban J connectivity index is 2.58. The molecule has 2 aromatic rings. The minimum Gasteiger partial charge on any atom is -0.384 e. The van der Waals surface area contributed by atoms with Crippen molar-refractivity contribution in [3.05, 3.63) is 41.1 Å². The van der Waals surface area contributed by atoms with Gasteiger partial charge in [-0.05, 0) is 31.0 Å². The minimum atomic E-state index is -4.49. The van der Waals surface area contributed by atoms with E-state index in [0.717, 1.165) is 21.9 Å². The normalized spacial score (nSPS) is 11.8. The lowest BCUT2D eigenvalue weighted by Gasteiger charge is -2.08. The molecule has 0 atom stereocenters. The molecule has 0 aliphatic rings. The number of nitrogens with zero attached hydrogens (tertiary/aromatic N) is 2. The summed E-state index contributed by atoms with van der Waals surface area (Å²) in [5, 5.41) is 3.52. The highest BCUT2D eigenvalue weighted by atomic mass is 19.4. The number of nitrogen functional groups attached to an aromatic ring is 1. The lowest BCUT2D eigenvalue weighted by atomic mass is 10.1. The number of rotatable bonds is 1. The van der Waals surface area contributed by atoms with Crippen LogP contribution in [0.25, 0.3) is 5.69 Å². The summed E-state index contributed by atoms with van der Waals surface area (Å²) in [5.41, 5.74) is 6.90. The van der Waals surface area contributed by atoms with Crippen LogP contribution in [0.1, 0.15) is 16.8 Å². The minimum absolute atomic E-state index is 0.0315. The fraction of sp³-hybridized carbons (Fsp3) is 0.250. The molecule has 0 fully saturated rings. The Morgan fingerprint density at radius 3 is 2.39 bits per heavy atom. The number of benzene rings is 1. The van der Waals surface area contributed by atoms with Crippen molar-refractivity contribution in [2.24, 2.45) is 0 Å². The Bertz CT molecular complexity index is 585. The molecule has 1 heterocycles. The average Bonchev–Trinajstić information content (AvgIpc) is 2.64. The number of nitrogens with two attached hydrogens (primary N) is 1. The molecule has 0 spiro atoms. The standard InChI is InChI=1S/C12H12F3N3/c1-7-3-4-8(2)9(5-7)18-11(16)6-10(17-18)12(13,14)15/h3-6H,16H2,1-2H3. The number of hydrogen-bond acceptors (Lipinski definition) is 2. The SMILES string of the molecule is Cc1ccc(C)c(-n2nc(C(F)(F)F)cc2N)c1. The molecule has 18 heavy (non-hydrogen) atoms. The molecule has 1 aromatic carbocycles. The van der Waals surface area contributed by atoms with Crippen LogP contribution >= 0.6 is 0 Å². The van der Waals surface area contributed by atoms with Gasteiger partial charge in [-0.1, -0.05) is 12.1 Å². The average molecular weight is 255 g/mol. The van der Waals surface area contributed by atoms with E-state index in [1.54, 1.807) is 13.0 Å². The maximum atomic E-state index is 12.5. The van der Waals surface area contributed by atoms with Gasteiger partial charge in [0.15, 0.2) is 5.69 Å². The van der Waals surface area contributed by atoms with Gasteiger partial charge in [-0.15, -0.1) is 0 Å². The molecule has 0 unspecified atom stereocenters. The van der Waals surface area contributed by atoms with E-state index in [-0.39, 0.29) is 5.82 Å². The van der Waals surface area contributed by atoms with Crippen molar-refractivity contribution in [3.63, 3.8) is 0 Å². The van der Waals surface area contributed by atoms with Gasteiger partial charge < -0.3 is 5.73 Å². The van der Waals surface area contributed by atoms with E-state index in [1.807, 2.05) is 19.1 Å². The molecule has 2 N–H and O–H groups in total. The molecule has 0 saturated carbocycles. The summed E-state index contributed by atoms with van der Waals surface area (Å²) in [5.74, 6) is -0.0315. The molecular weight excluding hydrogens is 243 g/mol. The molecule has 6 heteroatoms. The topological polar surface area (TPSA) is 43.8 Å². The summed E-state index contributed by atoms with van der Waals surface area (Å²) in [6, 6.07) is 6.28. The first-order valence-electron chi connectivity index (χ1n) is 5.29. The first-order chi connectivity index (χ1) is 8.29. The molecule has 2 rings (SSSR count). The Hall–Kier alpha value is -1.98. The first-order valence-corrected chi connectivity index (χ1v) is 5.29. The Morgan fingerprint density at radius 1 is 1.17 bits per heavy atom. The van der Waals surface area contributed by atoms with Crippen molar-refractivity contribution in [3.8, 4) is 5.69 Å². The lowest BCUT2D eigenvalue weighted by Crippen LogP contribution is -2.08. The van der Waals surface area contributed by atoms with Gasteiger partial charge in [0.2, 0.25) is 0 Å². The highest BCUT2D eigenvalue weighted by Gasteiger charge is 2.34. The Kier molecular flexibility index (Phi) is 2.80. The zero-order valence-electron chi connectivity index (χ0n) is 9.92. The number of halogens is 3. The second kappa shape index (κ2) is 4.04. The summed E-state index contributed by atoms with van der Waals surface area (Å²) in [6.07, 6.45) is -4.49. The molecule has 0 aliphatic carbocycles. The van der Waals surface area contributed by atoms with Crippen molar-refractivity contribution in [1.82, 2.24) is 9.78 Å². The smallest absolute Gasteiger partial charge is 0.384 e. The van der Waals surface area contributed by atoms with Crippen LogP contribution in [0.5, 0.6) is 0 Å². The van der Waals surface area contributed by atoms with Crippen LogP contribution < -0.4 is 5.73 Å². The Morgan fingerprint density at radius 2 is 1.83 bits per heavy atom. The fourth-order valence-electron chi connectivity index (χ4n) is 1.67. The molecule has 96 valence electrons. The van der Waals surface area contributed by atoms with E-state index in [4.69, 9.17) is 5.73 Å². The monoisotopic (exact) mass is 255 g/mol. The van der Waals surface area contributed by atoms with E-state index in [1.165, 1.54) is 0 Å². The molecule has 0 radical (unpaired) electrons. The second-order valence-corrected chi connectivity index (χ2v) is 4.15. The predicted molar refractivity (Wildman–Crippen MR) is 62.5 cm³/mol. The quantitative estimate of drug-likeness (QED) is 0.851. The summed E-state index contributed by atoms with van der Waals surface area (Å²) in [4.78, 5) is 0. The number of alkyl halides is 3. The highest BCUT2D eigenvalue weighted by Crippen LogP contribution is 2.30. The van der Waals surface area contributed by atoms with Crippen LogP contribution in [0.3, 0.4) is 0 Å². The van der Waals surface area contributed by atoms with Crippen LogP contribution in [0.2, 0.25) is 0 Å². The summed E-state index contributed by atoms with van der Waals surface area (Å²) in [6.45, 7) is 3.65. The van der Waals surface area contributed by atoms with Gasteiger partial charge >= 0.3 is 6.18 Å².